The minimum Gasteiger partial charge on any atom is -0.507 e. The van der Waals surface area contributed by atoms with Gasteiger partial charge in [0, 0.05) is 12.1 Å². The van der Waals surface area contributed by atoms with Gasteiger partial charge in [0.2, 0.25) is 0 Å². The lowest BCUT2D eigenvalue weighted by atomic mass is 10.1. The van der Waals surface area contributed by atoms with Gasteiger partial charge in [0.1, 0.15) is 18.1 Å². The number of ether oxygens (including phenoxy) is 1. The summed E-state index contributed by atoms with van der Waals surface area (Å²) in [6.07, 6.45) is 2.21. The summed E-state index contributed by atoms with van der Waals surface area (Å²) in [4.78, 5) is 25.8. The molecule has 1 fully saturated rings. The number of hydrogen-bond donors (Lipinski definition) is 2. The molecular formula is C20H21NO5. The van der Waals surface area contributed by atoms with Gasteiger partial charge in [-0.3, -0.25) is 9.59 Å². The highest BCUT2D eigenvalue weighted by atomic mass is 16.5. The van der Waals surface area contributed by atoms with Crippen LogP contribution in [0.4, 0.5) is 0 Å². The second-order valence-corrected chi connectivity index (χ2v) is 6.23. The maximum absolute atomic E-state index is 12.9. The van der Waals surface area contributed by atoms with Crippen molar-refractivity contribution in [2.24, 2.45) is 0 Å². The Balaban J connectivity index is 1.74. The molecule has 0 saturated carbocycles. The van der Waals surface area contributed by atoms with Crippen molar-refractivity contribution >= 4 is 12.2 Å². The van der Waals surface area contributed by atoms with Crippen molar-refractivity contribution in [1.82, 2.24) is 4.90 Å². The molecule has 0 aromatic heterocycles. The molecule has 1 saturated heterocycles. The third kappa shape index (κ3) is 3.55. The summed E-state index contributed by atoms with van der Waals surface area (Å²) in [6, 6.07) is 11.5. The molecular weight excluding hydrogens is 334 g/mol. The van der Waals surface area contributed by atoms with Gasteiger partial charge in [0.05, 0.1) is 18.2 Å². The molecule has 1 amide bonds. The number of hydrogen-bond acceptors (Lipinski definition) is 5. The van der Waals surface area contributed by atoms with Crippen LogP contribution in [-0.4, -0.2) is 46.5 Å². The molecule has 0 spiro atoms. The fourth-order valence-electron chi connectivity index (χ4n) is 3.26. The lowest BCUT2D eigenvalue weighted by Gasteiger charge is -2.26. The molecule has 1 aliphatic rings. The normalized spacial score (nSPS) is 16.5. The Morgan fingerprint density at radius 1 is 1.23 bits per heavy atom. The largest absolute Gasteiger partial charge is 0.507 e. The quantitative estimate of drug-likeness (QED) is 0.777. The number of carbonyl (C=O) groups is 2. The van der Waals surface area contributed by atoms with Crippen molar-refractivity contribution in [2.75, 3.05) is 13.2 Å². The van der Waals surface area contributed by atoms with Gasteiger partial charge in [-0.2, -0.15) is 0 Å². The first-order valence-electron chi connectivity index (χ1n) is 8.55. The highest BCUT2D eigenvalue weighted by molar-refractivity contribution is 5.96. The molecule has 1 atom stereocenters. The number of phenols is 1. The van der Waals surface area contributed by atoms with Crippen LogP contribution in [0, 0.1) is 0 Å². The Morgan fingerprint density at radius 2 is 2.04 bits per heavy atom. The average molecular weight is 355 g/mol. The Bertz CT molecular complexity index is 805. The average Bonchev–Trinajstić information content (AvgIpc) is 3.14. The Morgan fingerprint density at radius 3 is 2.81 bits per heavy atom. The number of amides is 1. The summed E-state index contributed by atoms with van der Waals surface area (Å²) in [7, 11) is 0. The minimum atomic E-state index is -0.192. The molecule has 1 heterocycles. The number of benzene rings is 2. The molecule has 2 aromatic rings. The molecule has 0 radical (unpaired) electrons. The summed E-state index contributed by atoms with van der Waals surface area (Å²) < 4.78 is 5.73. The van der Waals surface area contributed by atoms with E-state index in [1.54, 1.807) is 41.3 Å². The number of rotatable bonds is 6. The van der Waals surface area contributed by atoms with Crippen LogP contribution in [0.15, 0.2) is 42.5 Å². The number of nitrogens with zero attached hydrogens (tertiary/aromatic N) is 1. The zero-order valence-electron chi connectivity index (χ0n) is 14.3. The number of likely N-dealkylation sites (tertiary alicyclic amines) is 1. The first-order valence-corrected chi connectivity index (χ1v) is 8.55. The first-order chi connectivity index (χ1) is 12.7. The first kappa shape index (κ1) is 17.9. The maximum Gasteiger partial charge on any atom is 0.254 e. The van der Waals surface area contributed by atoms with E-state index >= 15 is 0 Å². The fraction of sp³-hybridized carbons (Fsp3) is 0.300. The van der Waals surface area contributed by atoms with Crippen LogP contribution >= 0.6 is 0 Å². The molecule has 3 rings (SSSR count). The SMILES string of the molecule is O=Cc1c(O)cccc1OC[C@@H]1CCCN1C(=O)c1ccccc1CO. The van der Waals surface area contributed by atoms with Crippen LogP contribution in [0.3, 0.4) is 0 Å². The van der Waals surface area contributed by atoms with Gasteiger partial charge in [0.15, 0.2) is 6.29 Å². The third-order valence-corrected chi connectivity index (χ3v) is 4.65. The fourth-order valence-corrected chi connectivity index (χ4v) is 3.26. The van der Waals surface area contributed by atoms with Crippen molar-refractivity contribution in [3.05, 3.63) is 59.2 Å². The molecule has 1 aliphatic heterocycles. The van der Waals surface area contributed by atoms with E-state index in [9.17, 15) is 19.8 Å². The maximum atomic E-state index is 12.9. The van der Waals surface area contributed by atoms with Crippen LogP contribution < -0.4 is 4.74 Å². The van der Waals surface area contributed by atoms with Gasteiger partial charge in [-0.05, 0) is 36.6 Å². The van der Waals surface area contributed by atoms with E-state index < -0.39 is 0 Å². The van der Waals surface area contributed by atoms with E-state index in [1.165, 1.54) is 6.07 Å². The lowest BCUT2D eigenvalue weighted by molar-refractivity contribution is 0.0687. The number of aliphatic hydroxyl groups is 1. The van der Waals surface area contributed by atoms with Crippen molar-refractivity contribution in [1.29, 1.82) is 0 Å². The lowest BCUT2D eigenvalue weighted by Crippen LogP contribution is -2.39. The van der Waals surface area contributed by atoms with Crippen molar-refractivity contribution < 1.29 is 24.5 Å². The highest BCUT2D eigenvalue weighted by Gasteiger charge is 2.31. The summed E-state index contributed by atoms with van der Waals surface area (Å²) >= 11 is 0. The second-order valence-electron chi connectivity index (χ2n) is 6.23. The molecule has 6 heteroatoms. The number of phenolic OH excluding ortho intramolecular Hbond substituents is 1. The molecule has 0 unspecified atom stereocenters. The number of aldehydes is 1. The van der Waals surface area contributed by atoms with E-state index in [0.717, 1.165) is 12.8 Å². The van der Waals surface area contributed by atoms with Crippen LogP contribution in [0.25, 0.3) is 0 Å². The highest BCUT2D eigenvalue weighted by Crippen LogP contribution is 2.27. The predicted molar refractivity (Wildman–Crippen MR) is 95.4 cm³/mol. The molecule has 6 nitrogen and oxygen atoms in total. The molecule has 0 bridgehead atoms. The molecule has 2 aromatic carbocycles. The van der Waals surface area contributed by atoms with Crippen molar-refractivity contribution in [2.45, 2.75) is 25.5 Å². The summed E-state index contributed by atoms with van der Waals surface area (Å²) in [5, 5.41) is 19.2. The topological polar surface area (TPSA) is 87.1 Å². The van der Waals surface area contributed by atoms with Crippen molar-refractivity contribution in [3.63, 3.8) is 0 Å². The van der Waals surface area contributed by atoms with Gasteiger partial charge in [-0.1, -0.05) is 24.3 Å². The Kier molecular flexibility index (Phi) is 5.53. The van der Waals surface area contributed by atoms with Crippen molar-refractivity contribution in [3.8, 4) is 11.5 Å². The predicted octanol–water partition coefficient (Wildman–Crippen LogP) is 2.38. The zero-order valence-corrected chi connectivity index (χ0v) is 14.3. The van der Waals surface area contributed by atoms with Gasteiger partial charge < -0.3 is 19.8 Å². The molecule has 136 valence electrons. The molecule has 26 heavy (non-hydrogen) atoms. The molecule has 2 N–H and O–H groups in total. The molecule has 0 aliphatic carbocycles. The van der Waals surface area contributed by atoms with E-state index in [1.807, 2.05) is 0 Å². The zero-order chi connectivity index (χ0) is 18.5. The van der Waals surface area contributed by atoms with Crippen LogP contribution in [0.5, 0.6) is 11.5 Å². The number of aromatic hydroxyl groups is 1. The summed E-state index contributed by atoms with van der Waals surface area (Å²) in [5.41, 5.74) is 1.20. The standard InChI is InChI=1S/C20H21NO5/c22-11-14-5-1-2-7-16(14)20(25)21-10-4-6-15(21)13-26-19-9-3-8-18(24)17(19)12-23/h1-3,5,7-9,12,15,22,24H,4,6,10-11,13H2/t15-/m0/s1. The monoisotopic (exact) mass is 355 g/mol. The second kappa shape index (κ2) is 8.01. The summed E-state index contributed by atoms with van der Waals surface area (Å²) in [6.45, 7) is 0.660. The smallest absolute Gasteiger partial charge is 0.254 e. The minimum absolute atomic E-state index is 0.106. The summed E-state index contributed by atoms with van der Waals surface area (Å²) in [5.74, 6) is 0.0380. The van der Waals surface area contributed by atoms with E-state index in [4.69, 9.17) is 4.74 Å². The third-order valence-electron chi connectivity index (χ3n) is 4.65. The van der Waals surface area contributed by atoms with Gasteiger partial charge in [-0.15, -0.1) is 0 Å². The number of aliphatic hydroxyl groups excluding tert-OH is 1. The van der Waals surface area contributed by atoms with E-state index in [0.29, 0.717) is 29.7 Å². The van der Waals surface area contributed by atoms with E-state index in [2.05, 4.69) is 0 Å². The Hall–Kier alpha value is -2.86. The van der Waals surface area contributed by atoms with Gasteiger partial charge in [-0.25, -0.2) is 0 Å². The van der Waals surface area contributed by atoms with Crippen LogP contribution in [0.1, 0.15) is 39.1 Å². The number of carbonyl (C=O) groups excluding carboxylic acids is 2. The van der Waals surface area contributed by atoms with Crippen LogP contribution in [-0.2, 0) is 6.61 Å². The van der Waals surface area contributed by atoms with Gasteiger partial charge in [0.25, 0.3) is 5.91 Å². The van der Waals surface area contributed by atoms with E-state index in [-0.39, 0.29) is 36.5 Å². The Labute approximate surface area is 151 Å². The van der Waals surface area contributed by atoms with Crippen LogP contribution in [0.2, 0.25) is 0 Å². The van der Waals surface area contributed by atoms with Gasteiger partial charge >= 0.3 is 0 Å².